The van der Waals surface area contributed by atoms with Gasteiger partial charge in [-0.05, 0) is 29.1 Å². The van der Waals surface area contributed by atoms with Gasteiger partial charge in [0, 0.05) is 0 Å². The summed E-state index contributed by atoms with van der Waals surface area (Å²) in [4.78, 5) is 0. The fourth-order valence-electron chi connectivity index (χ4n) is 2.80. The Balaban J connectivity index is -0.000000211. The highest BCUT2D eigenvalue weighted by molar-refractivity contribution is 5.22. The van der Waals surface area contributed by atoms with Crippen LogP contribution in [0.2, 0.25) is 0 Å². The first kappa shape index (κ1) is 25.6. The van der Waals surface area contributed by atoms with Gasteiger partial charge in [-0.1, -0.05) is 83.4 Å². The van der Waals surface area contributed by atoms with Crippen LogP contribution in [0.5, 0.6) is 0 Å². The maximum Gasteiger partial charge on any atom is -0.00641 e. The van der Waals surface area contributed by atoms with Crippen molar-refractivity contribution in [1.82, 2.24) is 0 Å². The van der Waals surface area contributed by atoms with Crippen LogP contribution in [-0.2, 0) is 0 Å². The summed E-state index contributed by atoms with van der Waals surface area (Å²) >= 11 is 0. The van der Waals surface area contributed by atoms with Gasteiger partial charge >= 0.3 is 0 Å². The van der Waals surface area contributed by atoms with E-state index in [2.05, 4.69) is 53.7 Å². The topological polar surface area (TPSA) is 0 Å². The Morgan fingerprint density at radius 2 is 1.06 bits per heavy atom. The van der Waals surface area contributed by atoms with Crippen molar-refractivity contribution in [3.05, 3.63) is 12.2 Å². The molecule has 1 aliphatic carbocycles. The summed E-state index contributed by atoms with van der Waals surface area (Å²) in [5.41, 5.74) is 1.17. The molecule has 1 aliphatic rings. The minimum absolute atomic E-state index is 0. The van der Waals surface area contributed by atoms with E-state index in [9.17, 15) is 0 Å². The van der Waals surface area contributed by atoms with E-state index in [0.29, 0.717) is 16.2 Å². The quantitative estimate of drug-likeness (QED) is 0.461. The molecule has 0 fully saturated rings. The van der Waals surface area contributed by atoms with Crippen LogP contribution in [-0.4, -0.2) is 0 Å². The first-order valence-corrected chi connectivity index (χ1v) is 5.53. The monoisotopic (exact) mass is 244 g/mol. The van der Waals surface area contributed by atoms with Crippen molar-refractivity contribution in [3.8, 4) is 0 Å². The van der Waals surface area contributed by atoms with Gasteiger partial charge in [-0.2, -0.15) is 0 Å². The van der Waals surface area contributed by atoms with Crippen molar-refractivity contribution in [1.29, 1.82) is 0 Å². The Labute approximate surface area is 113 Å². The second-order valence-corrected chi connectivity index (χ2v) is 5.54. The highest BCUT2D eigenvalue weighted by atomic mass is 14.6. The normalized spacial score (nSPS) is 21.3. The molecule has 108 valence electrons. The molecule has 1 rings (SSSR count). The van der Waals surface area contributed by atoms with Gasteiger partial charge in [0.2, 0.25) is 0 Å². The fraction of sp³-hybridized carbons (Fsp3) is 0.882. The minimum atomic E-state index is 0. The molecule has 0 saturated heterocycles. The Hall–Kier alpha value is -0.260. The summed E-state index contributed by atoms with van der Waals surface area (Å²) in [6.07, 6.45) is 7.40. The standard InChI is InChI=1S/C13H24.4CH4/c1-7-13(8-2)10-9-11(3,4)12(13,5)6;;;;/h9-10H,7-8H2,1-6H3;4*1H4. The molecule has 0 N–H and O–H groups in total. The van der Waals surface area contributed by atoms with Crippen molar-refractivity contribution < 1.29 is 0 Å². The van der Waals surface area contributed by atoms with Gasteiger partial charge in [0.05, 0.1) is 0 Å². The van der Waals surface area contributed by atoms with E-state index in [1.54, 1.807) is 0 Å². The third-order valence-corrected chi connectivity index (χ3v) is 4.94. The molecule has 0 heteroatoms. The molecule has 0 bridgehead atoms. The summed E-state index contributed by atoms with van der Waals surface area (Å²) < 4.78 is 0. The third-order valence-electron chi connectivity index (χ3n) is 4.94. The van der Waals surface area contributed by atoms with Gasteiger partial charge in [0.15, 0.2) is 0 Å². The van der Waals surface area contributed by atoms with Crippen LogP contribution in [0.15, 0.2) is 12.2 Å². The first-order valence-electron chi connectivity index (χ1n) is 5.53. The first-order chi connectivity index (χ1) is 5.83. The lowest BCUT2D eigenvalue weighted by Crippen LogP contribution is -2.40. The predicted molar refractivity (Wildman–Crippen MR) is 86.6 cm³/mol. The molecule has 0 nitrogen and oxygen atoms in total. The Kier molecular flexibility index (Phi) is 10.9. The lowest BCUT2D eigenvalue weighted by Gasteiger charge is -2.47. The lowest BCUT2D eigenvalue weighted by atomic mass is 9.56. The van der Waals surface area contributed by atoms with E-state index in [0.717, 1.165) is 0 Å². The molecule has 0 atom stereocenters. The zero-order chi connectivity index (χ0) is 10.3. The smallest absolute Gasteiger partial charge is 0.00641 e. The van der Waals surface area contributed by atoms with Gasteiger partial charge in [0.25, 0.3) is 0 Å². The fourth-order valence-corrected chi connectivity index (χ4v) is 2.80. The minimum Gasteiger partial charge on any atom is -0.0817 e. The molecule has 0 aromatic rings. The Morgan fingerprint density at radius 1 is 0.706 bits per heavy atom. The molecule has 0 spiro atoms. The summed E-state index contributed by atoms with van der Waals surface area (Å²) in [5.74, 6) is 0. The van der Waals surface area contributed by atoms with Crippen molar-refractivity contribution in [2.75, 3.05) is 0 Å². The van der Waals surface area contributed by atoms with Gasteiger partial charge < -0.3 is 0 Å². The van der Waals surface area contributed by atoms with Crippen LogP contribution in [0.3, 0.4) is 0 Å². The number of hydrogen-bond acceptors (Lipinski definition) is 0. The molecule has 0 radical (unpaired) electrons. The van der Waals surface area contributed by atoms with Crippen LogP contribution < -0.4 is 0 Å². The number of allylic oxidation sites excluding steroid dienone is 2. The van der Waals surface area contributed by atoms with Crippen molar-refractivity contribution in [3.63, 3.8) is 0 Å². The number of rotatable bonds is 2. The molecule has 17 heavy (non-hydrogen) atoms. The average Bonchev–Trinajstić information content (AvgIpc) is 2.22. The summed E-state index contributed by atoms with van der Waals surface area (Å²) in [6.45, 7) is 14.2. The molecule has 0 aliphatic heterocycles. The number of hydrogen-bond donors (Lipinski definition) is 0. The molecule has 0 unspecified atom stereocenters. The van der Waals surface area contributed by atoms with E-state index in [-0.39, 0.29) is 29.7 Å². The maximum absolute atomic E-state index is 2.47. The highest BCUT2D eigenvalue weighted by Gasteiger charge is 2.52. The summed E-state index contributed by atoms with van der Waals surface area (Å²) in [6, 6.07) is 0. The highest BCUT2D eigenvalue weighted by Crippen LogP contribution is 2.61. The molecule has 0 aromatic carbocycles. The van der Waals surface area contributed by atoms with Crippen LogP contribution in [0, 0.1) is 16.2 Å². The summed E-state index contributed by atoms with van der Waals surface area (Å²) in [5, 5.41) is 0. The molecule has 0 amide bonds. The molecule has 0 saturated carbocycles. The molecular formula is C17H40. The molecule has 0 heterocycles. The Morgan fingerprint density at radius 3 is 1.18 bits per heavy atom. The van der Waals surface area contributed by atoms with Gasteiger partial charge in [0.1, 0.15) is 0 Å². The van der Waals surface area contributed by atoms with E-state index in [4.69, 9.17) is 0 Å². The Bertz CT molecular complexity index is 214. The van der Waals surface area contributed by atoms with E-state index < -0.39 is 0 Å². The van der Waals surface area contributed by atoms with Crippen LogP contribution in [0.4, 0.5) is 0 Å². The van der Waals surface area contributed by atoms with Crippen LogP contribution in [0.1, 0.15) is 84.1 Å². The largest absolute Gasteiger partial charge is 0.0817 e. The van der Waals surface area contributed by atoms with Crippen LogP contribution >= 0.6 is 0 Å². The zero-order valence-electron chi connectivity index (χ0n) is 10.1. The molecular weight excluding hydrogens is 204 g/mol. The molecule has 0 aromatic heterocycles. The average molecular weight is 245 g/mol. The second kappa shape index (κ2) is 7.24. The lowest BCUT2D eigenvalue weighted by molar-refractivity contribution is 0.0379. The zero-order valence-corrected chi connectivity index (χ0v) is 10.1. The summed E-state index contributed by atoms with van der Waals surface area (Å²) in [7, 11) is 0. The van der Waals surface area contributed by atoms with Crippen LogP contribution in [0.25, 0.3) is 0 Å². The van der Waals surface area contributed by atoms with E-state index in [1.165, 1.54) is 12.8 Å². The van der Waals surface area contributed by atoms with Gasteiger partial charge in [-0.25, -0.2) is 0 Å². The SMILES string of the molecule is C.C.C.C.CCC1(CC)C=CC(C)(C)C1(C)C. The van der Waals surface area contributed by atoms with Gasteiger partial charge in [-0.15, -0.1) is 0 Å². The van der Waals surface area contributed by atoms with Crippen molar-refractivity contribution >= 4 is 0 Å². The predicted octanol–water partition coefficient (Wildman–Crippen LogP) is 6.96. The van der Waals surface area contributed by atoms with E-state index >= 15 is 0 Å². The second-order valence-electron chi connectivity index (χ2n) is 5.54. The van der Waals surface area contributed by atoms with E-state index in [1.807, 2.05) is 0 Å². The van der Waals surface area contributed by atoms with Gasteiger partial charge in [-0.3, -0.25) is 0 Å². The van der Waals surface area contributed by atoms with Crippen molar-refractivity contribution in [2.45, 2.75) is 84.1 Å². The van der Waals surface area contributed by atoms with Crippen molar-refractivity contribution in [2.24, 2.45) is 16.2 Å². The maximum atomic E-state index is 2.47. The third kappa shape index (κ3) is 3.14.